The zero-order valence-corrected chi connectivity index (χ0v) is 16.0. The lowest BCUT2D eigenvalue weighted by atomic mass is 9.94. The van der Waals surface area contributed by atoms with E-state index in [9.17, 15) is 4.79 Å². The molecule has 0 bridgehead atoms. The molecule has 7 heteroatoms. The van der Waals surface area contributed by atoms with Gasteiger partial charge in [-0.15, -0.1) is 0 Å². The Bertz CT molecular complexity index is 996. The maximum atomic E-state index is 11.7. The molecule has 0 aliphatic carbocycles. The lowest BCUT2D eigenvalue weighted by Crippen LogP contribution is -2.29. The minimum absolute atomic E-state index is 0.150. The van der Waals surface area contributed by atoms with Gasteiger partial charge in [0.15, 0.2) is 11.6 Å². The summed E-state index contributed by atoms with van der Waals surface area (Å²) in [5, 5.41) is 6.09. The minimum atomic E-state index is -0.585. The van der Waals surface area contributed by atoms with Crippen molar-refractivity contribution in [3.63, 3.8) is 0 Å². The maximum absolute atomic E-state index is 11.7. The first kappa shape index (κ1) is 18.6. The SMILES string of the molecule is CCOC(=O)Nc1cc2c(c(N)n1)OC(c1ccccc1)C(c1ccccc1)N2. The Morgan fingerprint density at radius 1 is 1.14 bits per heavy atom. The smallest absolute Gasteiger partial charge is 0.412 e. The summed E-state index contributed by atoms with van der Waals surface area (Å²) in [6.07, 6.45) is -0.878. The van der Waals surface area contributed by atoms with Gasteiger partial charge in [0.2, 0.25) is 0 Å². The Hall–Kier alpha value is -3.74. The van der Waals surface area contributed by atoms with Gasteiger partial charge in [0.25, 0.3) is 0 Å². The summed E-state index contributed by atoms with van der Waals surface area (Å²) in [5.41, 5.74) is 8.90. The van der Waals surface area contributed by atoms with Gasteiger partial charge in [-0.2, -0.15) is 0 Å². The largest absolute Gasteiger partial charge is 0.477 e. The number of nitrogens with zero attached hydrogens (tertiary/aromatic N) is 1. The van der Waals surface area contributed by atoms with Gasteiger partial charge in [-0.25, -0.2) is 9.78 Å². The Labute approximate surface area is 168 Å². The van der Waals surface area contributed by atoms with Crippen LogP contribution in [0.2, 0.25) is 0 Å². The number of fused-ring (bicyclic) bond motifs is 1. The monoisotopic (exact) mass is 390 g/mol. The van der Waals surface area contributed by atoms with E-state index in [-0.39, 0.29) is 24.6 Å². The number of rotatable bonds is 4. The van der Waals surface area contributed by atoms with Crippen LogP contribution in [0.25, 0.3) is 0 Å². The second-order valence-corrected chi connectivity index (χ2v) is 6.60. The van der Waals surface area contributed by atoms with Crippen molar-refractivity contribution >= 4 is 23.4 Å². The second-order valence-electron chi connectivity index (χ2n) is 6.60. The number of benzene rings is 2. The number of nitrogens with two attached hydrogens (primary N) is 1. The third-order valence-corrected chi connectivity index (χ3v) is 4.65. The highest BCUT2D eigenvalue weighted by molar-refractivity contribution is 5.86. The zero-order valence-electron chi connectivity index (χ0n) is 16.0. The molecule has 0 saturated carbocycles. The fourth-order valence-corrected chi connectivity index (χ4v) is 3.38. The molecule has 29 heavy (non-hydrogen) atoms. The van der Waals surface area contributed by atoms with Crippen molar-refractivity contribution < 1.29 is 14.3 Å². The van der Waals surface area contributed by atoms with Crippen molar-refractivity contribution in [2.45, 2.75) is 19.1 Å². The zero-order chi connectivity index (χ0) is 20.2. The van der Waals surface area contributed by atoms with Gasteiger partial charge in [-0.05, 0) is 18.1 Å². The molecule has 4 rings (SSSR count). The molecule has 0 radical (unpaired) electrons. The maximum Gasteiger partial charge on any atom is 0.412 e. The third-order valence-electron chi connectivity index (χ3n) is 4.65. The minimum Gasteiger partial charge on any atom is -0.477 e. The number of anilines is 3. The lowest BCUT2D eigenvalue weighted by Gasteiger charge is -2.36. The Balaban J connectivity index is 1.72. The van der Waals surface area contributed by atoms with E-state index in [1.807, 2.05) is 60.7 Å². The van der Waals surface area contributed by atoms with Crippen LogP contribution < -0.4 is 21.1 Å². The molecule has 1 aromatic heterocycles. The van der Waals surface area contributed by atoms with Crippen LogP contribution in [-0.4, -0.2) is 17.7 Å². The first-order valence-electron chi connectivity index (χ1n) is 9.43. The number of ether oxygens (including phenoxy) is 2. The Morgan fingerprint density at radius 2 is 1.79 bits per heavy atom. The standard InChI is InChI=1S/C22H22N4O3/c1-2-28-22(27)26-17-13-16-20(21(23)25-17)29-19(15-11-7-4-8-12-15)18(24-16)14-9-5-3-6-10-14/h3-13,18-19,24H,2H2,1H3,(H3,23,25,26,27). The number of aromatic nitrogens is 1. The highest BCUT2D eigenvalue weighted by Gasteiger charge is 2.34. The van der Waals surface area contributed by atoms with E-state index in [0.29, 0.717) is 17.3 Å². The molecule has 1 amide bonds. The number of carbonyl (C=O) groups is 1. The van der Waals surface area contributed by atoms with Crippen LogP contribution in [-0.2, 0) is 4.74 Å². The van der Waals surface area contributed by atoms with Gasteiger partial charge >= 0.3 is 6.09 Å². The summed E-state index contributed by atoms with van der Waals surface area (Å²) < 4.78 is 11.2. The van der Waals surface area contributed by atoms with Crippen LogP contribution in [0.3, 0.4) is 0 Å². The normalized spacial score (nSPS) is 17.4. The number of pyridine rings is 1. The van der Waals surface area contributed by atoms with Gasteiger partial charge in [-0.3, -0.25) is 5.32 Å². The number of hydrogen-bond acceptors (Lipinski definition) is 6. The van der Waals surface area contributed by atoms with Gasteiger partial charge in [0.1, 0.15) is 11.9 Å². The average molecular weight is 390 g/mol. The van der Waals surface area contributed by atoms with Crippen LogP contribution in [0.4, 0.5) is 22.1 Å². The molecule has 0 fully saturated rings. The van der Waals surface area contributed by atoms with Crippen molar-refractivity contribution in [3.05, 3.63) is 77.9 Å². The Kier molecular flexibility index (Phi) is 5.20. The molecule has 3 aromatic rings. The van der Waals surface area contributed by atoms with E-state index in [0.717, 1.165) is 11.1 Å². The van der Waals surface area contributed by atoms with Crippen LogP contribution >= 0.6 is 0 Å². The number of carbonyl (C=O) groups excluding carboxylic acids is 1. The molecule has 1 aliphatic rings. The lowest BCUT2D eigenvalue weighted by molar-refractivity contribution is 0.167. The number of hydrogen-bond donors (Lipinski definition) is 3. The topological polar surface area (TPSA) is 98.5 Å². The van der Waals surface area contributed by atoms with Crippen molar-refractivity contribution in [2.24, 2.45) is 0 Å². The molecule has 1 aliphatic heterocycles. The molecule has 2 aromatic carbocycles. The average Bonchev–Trinajstić information content (AvgIpc) is 2.74. The van der Waals surface area contributed by atoms with Crippen molar-refractivity contribution in [1.29, 1.82) is 0 Å². The second kappa shape index (κ2) is 8.10. The summed E-state index contributed by atoms with van der Waals surface area (Å²) in [6, 6.07) is 21.6. The van der Waals surface area contributed by atoms with Crippen molar-refractivity contribution in [1.82, 2.24) is 4.98 Å². The highest BCUT2D eigenvalue weighted by atomic mass is 16.5. The Morgan fingerprint density at radius 3 is 2.45 bits per heavy atom. The summed E-state index contributed by atoms with van der Waals surface area (Å²) in [7, 11) is 0. The molecule has 4 N–H and O–H groups in total. The fourth-order valence-electron chi connectivity index (χ4n) is 3.38. The number of nitrogens with one attached hydrogen (secondary N) is 2. The van der Waals surface area contributed by atoms with Crippen molar-refractivity contribution in [3.8, 4) is 5.75 Å². The summed E-state index contributed by atoms with van der Waals surface area (Å²) in [4.78, 5) is 16.0. The van der Waals surface area contributed by atoms with E-state index in [2.05, 4.69) is 15.6 Å². The van der Waals surface area contributed by atoms with E-state index in [4.69, 9.17) is 15.2 Å². The number of nitrogen functional groups attached to an aromatic ring is 1. The molecule has 7 nitrogen and oxygen atoms in total. The summed E-state index contributed by atoms with van der Waals surface area (Å²) in [6.45, 7) is 2.00. The number of amides is 1. The van der Waals surface area contributed by atoms with E-state index in [1.54, 1.807) is 13.0 Å². The van der Waals surface area contributed by atoms with Gasteiger partial charge < -0.3 is 20.5 Å². The molecular weight excluding hydrogens is 368 g/mol. The van der Waals surface area contributed by atoms with E-state index < -0.39 is 6.09 Å². The molecule has 2 atom stereocenters. The molecule has 2 heterocycles. The van der Waals surface area contributed by atoms with Crippen LogP contribution in [0, 0.1) is 0 Å². The summed E-state index contributed by atoms with van der Waals surface area (Å²) >= 11 is 0. The van der Waals surface area contributed by atoms with E-state index >= 15 is 0 Å². The first-order valence-corrected chi connectivity index (χ1v) is 9.43. The molecular formula is C22H22N4O3. The molecule has 148 valence electrons. The van der Waals surface area contributed by atoms with Crippen LogP contribution in [0.5, 0.6) is 5.75 Å². The third kappa shape index (κ3) is 3.94. The summed E-state index contributed by atoms with van der Waals surface area (Å²) in [5.74, 6) is 0.940. The van der Waals surface area contributed by atoms with Crippen LogP contribution in [0.15, 0.2) is 66.7 Å². The predicted octanol–water partition coefficient (Wildman–Crippen LogP) is 4.52. The van der Waals surface area contributed by atoms with Crippen LogP contribution in [0.1, 0.15) is 30.2 Å². The quantitative estimate of drug-likeness (QED) is 0.606. The molecule has 2 unspecified atom stereocenters. The highest BCUT2D eigenvalue weighted by Crippen LogP contribution is 2.46. The predicted molar refractivity (Wildman–Crippen MR) is 112 cm³/mol. The first-order chi connectivity index (χ1) is 14.2. The molecule has 0 saturated heterocycles. The van der Waals surface area contributed by atoms with Gasteiger partial charge in [-0.1, -0.05) is 60.7 Å². The van der Waals surface area contributed by atoms with Crippen molar-refractivity contribution in [2.75, 3.05) is 23.0 Å². The molecule has 0 spiro atoms. The van der Waals surface area contributed by atoms with Gasteiger partial charge in [0.05, 0.1) is 18.3 Å². The fraction of sp³-hybridized carbons (Fsp3) is 0.182. The van der Waals surface area contributed by atoms with Gasteiger partial charge in [0, 0.05) is 6.07 Å². The van der Waals surface area contributed by atoms with E-state index in [1.165, 1.54) is 0 Å².